The normalized spacial score (nSPS) is 10.4. The molecule has 1 aromatic carbocycles. The van der Waals surface area contributed by atoms with Crippen LogP contribution in [0.3, 0.4) is 0 Å². The number of hydrogen-bond donors (Lipinski definition) is 1. The van der Waals surface area contributed by atoms with E-state index in [1.807, 2.05) is 0 Å². The predicted molar refractivity (Wildman–Crippen MR) is 58.7 cm³/mol. The van der Waals surface area contributed by atoms with Gasteiger partial charge in [-0.1, -0.05) is 43.5 Å². The highest BCUT2D eigenvalue weighted by molar-refractivity contribution is 7.32. The summed E-state index contributed by atoms with van der Waals surface area (Å²) < 4.78 is 14.6. The van der Waals surface area contributed by atoms with Crippen LogP contribution in [-0.4, -0.2) is 4.89 Å². The fourth-order valence-corrected chi connectivity index (χ4v) is 0.927. The number of para-hydroxylation sites is 1. The van der Waals surface area contributed by atoms with Gasteiger partial charge < -0.3 is 9.42 Å². The Morgan fingerprint density at radius 1 is 1.21 bits per heavy atom. The van der Waals surface area contributed by atoms with Crippen LogP contribution in [0.15, 0.2) is 55.6 Å². The molecule has 0 saturated carbocycles. The van der Waals surface area contributed by atoms with E-state index < -0.39 is 8.25 Å². The summed E-state index contributed by atoms with van der Waals surface area (Å²) in [6.45, 7) is 6.72. The van der Waals surface area contributed by atoms with Gasteiger partial charge in [-0.05, 0) is 12.1 Å². The molecule has 1 unspecified atom stereocenters. The summed E-state index contributed by atoms with van der Waals surface area (Å²) >= 11 is 0. The SMILES string of the molecule is C=CC=C.O=[PH](O)Oc1ccccc1. The first-order chi connectivity index (χ1) is 6.70. The summed E-state index contributed by atoms with van der Waals surface area (Å²) in [5, 5.41) is 0. The van der Waals surface area contributed by atoms with Gasteiger partial charge in [0, 0.05) is 0 Å². The maximum Gasteiger partial charge on any atom is 0.365 e. The van der Waals surface area contributed by atoms with E-state index in [1.165, 1.54) is 0 Å². The molecule has 0 radical (unpaired) electrons. The quantitative estimate of drug-likeness (QED) is 0.619. The van der Waals surface area contributed by atoms with Crippen molar-refractivity contribution in [3.63, 3.8) is 0 Å². The van der Waals surface area contributed by atoms with Crippen LogP contribution in [0.2, 0.25) is 0 Å². The van der Waals surface area contributed by atoms with Crippen molar-refractivity contribution >= 4 is 8.25 Å². The van der Waals surface area contributed by atoms with Crippen molar-refractivity contribution in [2.75, 3.05) is 0 Å². The highest BCUT2D eigenvalue weighted by Crippen LogP contribution is 2.21. The average Bonchev–Trinajstić information content (AvgIpc) is 2.19. The molecule has 0 aliphatic rings. The lowest BCUT2D eigenvalue weighted by molar-refractivity contribution is 0.410. The lowest BCUT2D eigenvalue weighted by Gasteiger charge is -1.98. The number of hydrogen-bond acceptors (Lipinski definition) is 2. The van der Waals surface area contributed by atoms with E-state index in [-0.39, 0.29) is 0 Å². The Hall–Kier alpha value is -1.31. The first-order valence-corrected chi connectivity index (χ1v) is 5.16. The van der Waals surface area contributed by atoms with Crippen LogP contribution in [0.5, 0.6) is 5.75 Å². The molecule has 0 fully saturated rings. The van der Waals surface area contributed by atoms with E-state index in [1.54, 1.807) is 42.5 Å². The minimum Gasteiger partial charge on any atom is -0.426 e. The summed E-state index contributed by atoms with van der Waals surface area (Å²) in [4.78, 5) is 8.33. The van der Waals surface area contributed by atoms with Crippen LogP contribution >= 0.6 is 8.25 Å². The monoisotopic (exact) mass is 212 g/mol. The second-order valence-corrected chi connectivity index (χ2v) is 2.89. The molecule has 76 valence electrons. The van der Waals surface area contributed by atoms with E-state index in [0.717, 1.165) is 0 Å². The Labute approximate surface area is 84.3 Å². The average molecular weight is 212 g/mol. The van der Waals surface area contributed by atoms with E-state index in [2.05, 4.69) is 17.7 Å². The molecule has 4 heteroatoms. The van der Waals surface area contributed by atoms with Crippen LogP contribution in [0.25, 0.3) is 0 Å². The molecular weight excluding hydrogens is 199 g/mol. The van der Waals surface area contributed by atoms with Gasteiger partial charge in [0.1, 0.15) is 5.75 Å². The summed E-state index contributed by atoms with van der Waals surface area (Å²) in [6, 6.07) is 8.53. The number of benzene rings is 1. The van der Waals surface area contributed by atoms with Gasteiger partial charge >= 0.3 is 8.25 Å². The second kappa shape index (κ2) is 8.30. The van der Waals surface area contributed by atoms with Gasteiger partial charge in [-0.2, -0.15) is 0 Å². The van der Waals surface area contributed by atoms with Crippen molar-refractivity contribution in [1.29, 1.82) is 0 Å². The fourth-order valence-electron chi connectivity index (χ4n) is 0.589. The molecule has 14 heavy (non-hydrogen) atoms. The third kappa shape index (κ3) is 7.35. The fraction of sp³-hybridized carbons (Fsp3) is 0. The van der Waals surface area contributed by atoms with Gasteiger partial charge in [-0.25, -0.2) is 4.57 Å². The number of rotatable bonds is 3. The van der Waals surface area contributed by atoms with Crippen LogP contribution in [0.4, 0.5) is 0 Å². The highest BCUT2D eigenvalue weighted by Gasteiger charge is 1.92. The second-order valence-electron chi connectivity index (χ2n) is 2.15. The Morgan fingerprint density at radius 3 is 2.07 bits per heavy atom. The van der Waals surface area contributed by atoms with Crippen molar-refractivity contribution in [2.45, 2.75) is 0 Å². The molecule has 0 aromatic heterocycles. The third-order valence-corrected chi connectivity index (χ3v) is 1.53. The van der Waals surface area contributed by atoms with Crippen molar-refractivity contribution in [1.82, 2.24) is 0 Å². The molecule has 1 aromatic rings. The smallest absolute Gasteiger partial charge is 0.365 e. The van der Waals surface area contributed by atoms with Gasteiger partial charge in [-0.15, -0.1) is 0 Å². The van der Waals surface area contributed by atoms with E-state index >= 15 is 0 Å². The van der Waals surface area contributed by atoms with Gasteiger partial charge in [0.25, 0.3) is 0 Å². The van der Waals surface area contributed by atoms with Crippen LogP contribution in [-0.2, 0) is 4.57 Å². The molecular formula is C10H13O3P. The topological polar surface area (TPSA) is 46.5 Å². The van der Waals surface area contributed by atoms with Crippen LogP contribution in [0.1, 0.15) is 0 Å². The maximum absolute atomic E-state index is 10.1. The molecule has 1 atom stereocenters. The molecule has 0 saturated heterocycles. The van der Waals surface area contributed by atoms with E-state index in [0.29, 0.717) is 5.75 Å². The molecule has 0 aliphatic heterocycles. The Bertz CT molecular complexity index is 289. The molecule has 0 bridgehead atoms. The van der Waals surface area contributed by atoms with Gasteiger partial charge in [0.05, 0.1) is 0 Å². The summed E-state index contributed by atoms with van der Waals surface area (Å²) in [5.41, 5.74) is 0. The van der Waals surface area contributed by atoms with Crippen LogP contribution in [0, 0.1) is 0 Å². The molecule has 0 heterocycles. The maximum atomic E-state index is 10.1. The molecule has 0 spiro atoms. The highest BCUT2D eigenvalue weighted by atomic mass is 31.1. The Balaban J connectivity index is 0.000000364. The minimum atomic E-state index is -2.84. The van der Waals surface area contributed by atoms with Crippen molar-refractivity contribution in [3.05, 3.63) is 55.6 Å². The summed E-state index contributed by atoms with van der Waals surface area (Å²) in [7, 11) is -2.84. The molecule has 3 nitrogen and oxygen atoms in total. The van der Waals surface area contributed by atoms with E-state index in [9.17, 15) is 4.57 Å². The zero-order valence-corrected chi connectivity index (χ0v) is 8.72. The minimum absolute atomic E-state index is 0.425. The lowest BCUT2D eigenvalue weighted by atomic mass is 10.3. The van der Waals surface area contributed by atoms with Gasteiger partial charge in [0.15, 0.2) is 0 Å². The summed E-state index contributed by atoms with van der Waals surface area (Å²) in [6.07, 6.45) is 3.28. The predicted octanol–water partition coefficient (Wildman–Crippen LogP) is 2.81. The van der Waals surface area contributed by atoms with Crippen molar-refractivity contribution in [3.8, 4) is 5.75 Å². The molecule has 1 N–H and O–H groups in total. The zero-order chi connectivity index (χ0) is 10.8. The third-order valence-electron chi connectivity index (χ3n) is 1.12. The van der Waals surface area contributed by atoms with Gasteiger partial charge in [-0.3, -0.25) is 0 Å². The van der Waals surface area contributed by atoms with Crippen molar-refractivity contribution < 1.29 is 14.0 Å². The van der Waals surface area contributed by atoms with Gasteiger partial charge in [0.2, 0.25) is 0 Å². The molecule has 0 aliphatic carbocycles. The Morgan fingerprint density at radius 2 is 1.71 bits per heavy atom. The standard InChI is InChI=1S/C6H7O3P.C4H6/c7-10(8)9-6-4-2-1-3-5-6;1-3-4-2/h1-5,10H,(H,7,8);3-4H,1-2H2. The lowest BCUT2D eigenvalue weighted by Crippen LogP contribution is -1.77. The summed E-state index contributed by atoms with van der Waals surface area (Å²) in [5.74, 6) is 0.425. The molecule has 0 amide bonds. The first-order valence-electron chi connectivity index (χ1n) is 3.90. The largest absolute Gasteiger partial charge is 0.426 e. The van der Waals surface area contributed by atoms with Crippen molar-refractivity contribution in [2.24, 2.45) is 0 Å². The Kier molecular flexibility index (Phi) is 7.52. The van der Waals surface area contributed by atoms with E-state index in [4.69, 9.17) is 4.89 Å². The molecule has 1 rings (SSSR count). The number of allylic oxidation sites excluding steroid dienone is 2. The first kappa shape index (κ1) is 12.7. The zero-order valence-electron chi connectivity index (χ0n) is 7.72. The van der Waals surface area contributed by atoms with Crippen LogP contribution < -0.4 is 4.52 Å².